The summed E-state index contributed by atoms with van der Waals surface area (Å²) < 4.78 is 1.44. The summed E-state index contributed by atoms with van der Waals surface area (Å²) in [5.74, 6) is -1.04. The molecule has 0 aliphatic heterocycles. The Labute approximate surface area is 306 Å². The SMILES string of the molecule is CC(C)[CH2][SnH].CCCCCCCCCCCC(=O)O.CCCCCCCCCCCC(=O)O.CCCCCCCCCCCC(=O)O. The second-order valence-electron chi connectivity index (χ2n) is 13.5. The molecule has 2 radical (unpaired) electrons. The van der Waals surface area contributed by atoms with Crippen LogP contribution in [0.1, 0.15) is 227 Å². The molecule has 0 saturated heterocycles. The van der Waals surface area contributed by atoms with Crippen LogP contribution in [0.15, 0.2) is 0 Å². The monoisotopic (exact) mass is 779 g/mol. The van der Waals surface area contributed by atoms with Gasteiger partial charge in [-0.05, 0) is 19.3 Å². The Morgan fingerprint density at radius 2 is 0.532 bits per heavy atom. The summed E-state index contributed by atoms with van der Waals surface area (Å²) in [6.45, 7) is 11.2. The van der Waals surface area contributed by atoms with Crippen LogP contribution in [0.25, 0.3) is 0 Å². The summed E-state index contributed by atoms with van der Waals surface area (Å²) in [6, 6.07) is 0. The number of hydrogen-bond donors (Lipinski definition) is 3. The number of carboxylic acids is 3. The first kappa shape index (κ1) is 53.0. The van der Waals surface area contributed by atoms with Gasteiger partial charge in [0.1, 0.15) is 0 Å². The van der Waals surface area contributed by atoms with E-state index in [4.69, 9.17) is 15.3 Å². The van der Waals surface area contributed by atoms with Crippen LogP contribution in [-0.4, -0.2) is 55.8 Å². The normalized spacial score (nSPS) is 10.3. The molecular weight excluding hydrogens is 695 g/mol. The van der Waals surface area contributed by atoms with Crippen molar-refractivity contribution in [1.82, 2.24) is 0 Å². The molecule has 0 fully saturated rings. The first-order valence-corrected chi connectivity index (χ1v) is 22.3. The molecule has 0 aromatic heterocycles. The number of carboxylic acid groups (broad SMARTS) is 3. The summed E-state index contributed by atoms with van der Waals surface area (Å²) in [4.78, 5) is 30.6. The van der Waals surface area contributed by atoms with Gasteiger partial charge in [0.15, 0.2) is 0 Å². The Balaban J connectivity index is -0.000000275. The van der Waals surface area contributed by atoms with E-state index in [1.165, 1.54) is 162 Å². The molecule has 0 rings (SSSR count). The van der Waals surface area contributed by atoms with Crippen molar-refractivity contribution in [1.29, 1.82) is 0 Å². The number of unbranched alkanes of at least 4 members (excludes halogenated alkanes) is 24. The maximum atomic E-state index is 10.2. The van der Waals surface area contributed by atoms with Crippen LogP contribution in [0.5, 0.6) is 0 Å². The summed E-state index contributed by atoms with van der Waals surface area (Å²) in [5.41, 5.74) is 0. The first-order chi connectivity index (χ1) is 22.6. The maximum Gasteiger partial charge on any atom is 0.303 e. The van der Waals surface area contributed by atoms with E-state index in [1.54, 1.807) is 0 Å². The fourth-order valence-corrected chi connectivity index (χ4v) is 4.76. The van der Waals surface area contributed by atoms with E-state index in [0.29, 0.717) is 19.3 Å². The van der Waals surface area contributed by atoms with Gasteiger partial charge in [-0.1, -0.05) is 175 Å². The fraction of sp³-hybridized carbons (Fsp3) is 0.925. The zero-order valence-corrected chi connectivity index (χ0v) is 35.4. The molecule has 0 bridgehead atoms. The van der Waals surface area contributed by atoms with E-state index in [-0.39, 0.29) is 0 Å². The van der Waals surface area contributed by atoms with Crippen LogP contribution in [0, 0.1) is 5.92 Å². The average molecular weight is 778 g/mol. The van der Waals surface area contributed by atoms with Crippen LogP contribution >= 0.6 is 0 Å². The Hall–Kier alpha value is -0.791. The van der Waals surface area contributed by atoms with Crippen molar-refractivity contribution in [2.45, 2.75) is 232 Å². The number of aliphatic carboxylic acids is 3. The van der Waals surface area contributed by atoms with Crippen LogP contribution in [0.3, 0.4) is 0 Å². The molecule has 3 N–H and O–H groups in total. The minimum absolute atomic E-state index is 0.343. The van der Waals surface area contributed by atoms with Gasteiger partial charge in [0, 0.05) is 19.3 Å². The Kier molecular flexibility index (Phi) is 55.9. The van der Waals surface area contributed by atoms with Crippen molar-refractivity contribution in [2.75, 3.05) is 0 Å². The van der Waals surface area contributed by atoms with E-state index in [1.807, 2.05) is 0 Å². The van der Waals surface area contributed by atoms with Gasteiger partial charge >= 0.3 is 64.6 Å². The van der Waals surface area contributed by atoms with Gasteiger partial charge in [0.2, 0.25) is 0 Å². The largest absolute Gasteiger partial charge is 0.481 e. The first-order valence-electron chi connectivity index (χ1n) is 19.9. The van der Waals surface area contributed by atoms with Crippen molar-refractivity contribution in [2.24, 2.45) is 5.92 Å². The Morgan fingerprint density at radius 3 is 0.660 bits per heavy atom. The standard InChI is InChI=1S/3C12H24O2.C4H9.Sn.H/c3*1-2-3-4-5-6-7-8-9-10-11-12(13)14;1-4(2)3;;/h3*2-11H2,1H3,(H,13,14);4H,1H2,2-3H3;;. The van der Waals surface area contributed by atoms with E-state index >= 15 is 0 Å². The predicted molar refractivity (Wildman–Crippen MR) is 205 cm³/mol. The van der Waals surface area contributed by atoms with Crippen molar-refractivity contribution in [3.63, 3.8) is 0 Å². The molecule has 7 heteroatoms. The molecule has 0 atom stereocenters. The molecule has 0 amide bonds. The Bertz CT molecular complexity index is 535. The van der Waals surface area contributed by atoms with E-state index in [9.17, 15) is 14.4 Å². The summed E-state index contributed by atoms with van der Waals surface area (Å²) in [6.07, 6.45) is 34.4. The number of rotatable bonds is 31. The Morgan fingerprint density at radius 1 is 0.383 bits per heavy atom. The van der Waals surface area contributed by atoms with E-state index < -0.39 is 17.9 Å². The van der Waals surface area contributed by atoms with Crippen molar-refractivity contribution in [3.8, 4) is 0 Å². The van der Waals surface area contributed by atoms with Gasteiger partial charge < -0.3 is 15.3 Å². The fourth-order valence-electron chi connectivity index (χ4n) is 4.76. The molecule has 282 valence electrons. The molecule has 0 aliphatic carbocycles. The molecule has 0 aromatic rings. The molecule has 0 unspecified atom stereocenters. The van der Waals surface area contributed by atoms with Gasteiger partial charge in [0.05, 0.1) is 0 Å². The van der Waals surface area contributed by atoms with Crippen LogP contribution in [0.4, 0.5) is 0 Å². The minimum atomic E-state index is -0.659. The van der Waals surface area contributed by atoms with E-state index in [0.717, 1.165) is 44.4 Å². The summed E-state index contributed by atoms with van der Waals surface area (Å²) in [7, 11) is 0. The van der Waals surface area contributed by atoms with Crippen molar-refractivity contribution < 1.29 is 29.7 Å². The topological polar surface area (TPSA) is 112 Å². The number of carbonyl (C=O) groups is 3. The summed E-state index contributed by atoms with van der Waals surface area (Å²) >= 11 is 1.43. The smallest absolute Gasteiger partial charge is 0.303 e. The third kappa shape index (κ3) is 72.1. The third-order valence-electron chi connectivity index (χ3n) is 7.95. The quantitative estimate of drug-likeness (QED) is 0.0477. The predicted octanol–water partition coefficient (Wildman–Crippen LogP) is 12.9. The van der Waals surface area contributed by atoms with E-state index in [2.05, 4.69) is 34.6 Å². The van der Waals surface area contributed by atoms with Crippen molar-refractivity contribution >= 4 is 40.4 Å². The molecule has 0 aromatic carbocycles. The molecule has 6 nitrogen and oxygen atoms in total. The van der Waals surface area contributed by atoms with Gasteiger partial charge in [-0.3, -0.25) is 14.4 Å². The molecule has 47 heavy (non-hydrogen) atoms. The molecular formula is C40H82O6Sn. The molecule has 0 aliphatic rings. The van der Waals surface area contributed by atoms with Crippen LogP contribution in [0.2, 0.25) is 4.44 Å². The molecule has 0 spiro atoms. The zero-order valence-electron chi connectivity index (χ0n) is 32.1. The zero-order chi connectivity index (χ0) is 36.2. The molecule has 0 heterocycles. The van der Waals surface area contributed by atoms with Gasteiger partial charge in [-0.25, -0.2) is 0 Å². The van der Waals surface area contributed by atoms with Gasteiger partial charge in [-0.2, -0.15) is 0 Å². The second-order valence-corrected chi connectivity index (χ2v) is 14.9. The van der Waals surface area contributed by atoms with Gasteiger partial charge in [0.25, 0.3) is 0 Å². The maximum absolute atomic E-state index is 10.2. The van der Waals surface area contributed by atoms with Crippen LogP contribution < -0.4 is 0 Å². The van der Waals surface area contributed by atoms with Crippen LogP contribution in [-0.2, 0) is 14.4 Å². The average Bonchev–Trinajstić information content (AvgIpc) is 3.03. The second kappa shape index (κ2) is 49.6. The summed E-state index contributed by atoms with van der Waals surface area (Å²) in [5, 5.41) is 25.2. The van der Waals surface area contributed by atoms with Gasteiger partial charge in [-0.15, -0.1) is 0 Å². The molecule has 0 saturated carbocycles. The minimum Gasteiger partial charge on any atom is -0.481 e. The van der Waals surface area contributed by atoms with Crippen molar-refractivity contribution in [3.05, 3.63) is 0 Å². The third-order valence-corrected chi connectivity index (χ3v) is 10.6. The number of hydrogen-bond acceptors (Lipinski definition) is 3.